The van der Waals surface area contributed by atoms with Gasteiger partial charge in [0.2, 0.25) is 0 Å². The van der Waals surface area contributed by atoms with E-state index in [-0.39, 0.29) is 12.1 Å². The molecule has 0 unspecified atom stereocenters. The summed E-state index contributed by atoms with van der Waals surface area (Å²) in [7, 11) is 0. The molecule has 0 radical (unpaired) electrons. The van der Waals surface area contributed by atoms with E-state index in [9.17, 15) is 4.79 Å². The Labute approximate surface area is 141 Å². The van der Waals surface area contributed by atoms with Crippen molar-refractivity contribution >= 4 is 11.7 Å². The molecule has 5 heteroatoms. The zero-order chi connectivity index (χ0) is 16.9. The van der Waals surface area contributed by atoms with Crippen LogP contribution in [0.15, 0.2) is 48.5 Å². The molecule has 1 saturated heterocycles. The third-order valence-electron chi connectivity index (χ3n) is 4.13. The molecular formula is C19H19N3O2. The van der Waals surface area contributed by atoms with E-state index in [1.165, 1.54) is 0 Å². The number of ether oxygens (including phenoxy) is 1. The van der Waals surface area contributed by atoms with Gasteiger partial charge in [-0.25, -0.2) is 4.79 Å². The van der Waals surface area contributed by atoms with E-state index in [4.69, 9.17) is 10.00 Å². The van der Waals surface area contributed by atoms with Gasteiger partial charge >= 0.3 is 6.03 Å². The molecule has 0 bridgehead atoms. The molecule has 1 aliphatic rings. The number of amides is 2. The summed E-state index contributed by atoms with van der Waals surface area (Å²) in [4.78, 5) is 14.3. The van der Waals surface area contributed by atoms with E-state index >= 15 is 0 Å². The third kappa shape index (κ3) is 3.55. The molecule has 1 atom stereocenters. The zero-order valence-corrected chi connectivity index (χ0v) is 13.5. The molecule has 3 rings (SSSR count). The topological polar surface area (TPSA) is 65.4 Å². The first kappa shape index (κ1) is 16.0. The van der Waals surface area contributed by atoms with Crippen LogP contribution in [0, 0.1) is 18.3 Å². The van der Waals surface area contributed by atoms with E-state index in [0.29, 0.717) is 30.9 Å². The van der Waals surface area contributed by atoms with Gasteiger partial charge in [0.15, 0.2) is 0 Å². The first-order chi connectivity index (χ1) is 11.7. The Morgan fingerprint density at radius 1 is 1.29 bits per heavy atom. The summed E-state index contributed by atoms with van der Waals surface area (Å²) in [6, 6.07) is 17.1. The van der Waals surface area contributed by atoms with Crippen LogP contribution in [0.3, 0.4) is 0 Å². The zero-order valence-electron chi connectivity index (χ0n) is 13.5. The summed E-state index contributed by atoms with van der Waals surface area (Å²) in [5, 5.41) is 11.9. The van der Waals surface area contributed by atoms with Gasteiger partial charge in [-0.05, 0) is 30.2 Å². The lowest BCUT2D eigenvalue weighted by Gasteiger charge is -2.33. The quantitative estimate of drug-likeness (QED) is 0.921. The van der Waals surface area contributed by atoms with Crippen LogP contribution < -0.4 is 5.32 Å². The number of anilines is 1. The largest absolute Gasteiger partial charge is 0.370 e. The number of nitrogens with zero attached hydrogens (tertiary/aromatic N) is 2. The average Bonchev–Trinajstić information content (AvgIpc) is 2.64. The van der Waals surface area contributed by atoms with Crippen molar-refractivity contribution in [2.24, 2.45) is 0 Å². The number of hydrogen-bond donors (Lipinski definition) is 1. The Morgan fingerprint density at radius 2 is 2.08 bits per heavy atom. The fourth-order valence-electron chi connectivity index (χ4n) is 2.72. The van der Waals surface area contributed by atoms with E-state index < -0.39 is 0 Å². The first-order valence-electron chi connectivity index (χ1n) is 7.90. The standard InChI is InChI=1S/C19H19N3O2/c1-14-7-8-15(12-20)11-17(14)21-19(23)22-9-10-24-18(13-22)16-5-3-2-4-6-16/h2-8,11,18H,9-10,13H2,1H3,(H,21,23)/t18-/m1/s1. The number of aryl methyl sites for hydroxylation is 1. The first-order valence-corrected chi connectivity index (χ1v) is 7.90. The molecule has 1 aliphatic heterocycles. The third-order valence-corrected chi connectivity index (χ3v) is 4.13. The average molecular weight is 321 g/mol. The summed E-state index contributed by atoms with van der Waals surface area (Å²) < 4.78 is 5.79. The number of carbonyl (C=O) groups excluding carboxylic acids is 1. The smallest absolute Gasteiger partial charge is 0.322 e. The van der Waals surface area contributed by atoms with Crippen molar-refractivity contribution < 1.29 is 9.53 Å². The maximum absolute atomic E-state index is 12.6. The maximum Gasteiger partial charge on any atom is 0.322 e. The molecule has 0 spiro atoms. The second-order valence-electron chi connectivity index (χ2n) is 5.79. The molecule has 5 nitrogen and oxygen atoms in total. The van der Waals surface area contributed by atoms with Crippen LogP contribution in [0.25, 0.3) is 0 Å². The summed E-state index contributed by atoms with van der Waals surface area (Å²) in [6.45, 7) is 3.46. The Kier molecular flexibility index (Phi) is 4.78. The highest BCUT2D eigenvalue weighted by Gasteiger charge is 2.25. The molecule has 1 N–H and O–H groups in total. The van der Waals surface area contributed by atoms with Gasteiger partial charge in [0, 0.05) is 12.2 Å². The van der Waals surface area contributed by atoms with Gasteiger partial charge < -0.3 is 15.0 Å². The van der Waals surface area contributed by atoms with Gasteiger partial charge in [-0.1, -0.05) is 36.4 Å². The van der Waals surface area contributed by atoms with Crippen molar-refractivity contribution in [2.45, 2.75) is 13.0 Å². The van der Waals surface area contributed by atoms with E-state index in [1.54, 1.807) is 17.0 Å². The summed E-state index contributed by atoms with van der Waals surface area (Å²) >= 11 is 0. The minimum Gasteiger partial charge on any atom is -0.370 e. The van der Waals surface area contributed by atoms with Crippen LogP contribution in [0.4, 0.5) is 10.5 Å². The molecule has 0 aromatic heterocycles. The van der Waals surface area contributed by atoms with Crippen molar-refractivity contribution in [3.63, 3.8) is 0 Å². The van der Waals surface area contributed by atoms with Crippen molar-refractivity contribution in [1.29, 1.82) is 5.26 Å². The Morgan fingerprint density at radius 3 is 2.83 bits per heavy atom. The molecule has 1 heterocycles. The Balaban J connectivity index is 1.70. The van der Waals surface area contributed by atoms with Crippen molar-refractivity contribution in [2.75, 3.05) is 25.0 Å². The molecule has 24 heavy (non-hydrogen) atoms. The number of rotatable bonds is 2. The highest BCUT2D eigenvalue weighted by molar-refractivity contribution is 5.90. The lowest BCUT2D eigenvalue weighted by molar-refractivity contribution is -0.0135. The fourth-order valence-corrected chi connectivity index (χ4v) is 2.72. The van der Waals surface area contributed by atoms with E-state index in [0.717, 1.165) is 11.1 Å². The predicted molar refractivity (Wildman–Crippen MR) is 91.6 cm³/mol. The normalized spacial score (nSPS) is 17.2. The highest BCUT2D eigenvalue weighted by atomic mass is 16.5. The molecule has 1 fully saturated rings. The number of hydrogen-bond acceptors (Lipinski definition) is 3. The van der Waals surface area contributed by atoms with Crippen LogP contribution in [-0.2, 0) is 4.74 Å². The fraction of sp³-hybridized carbons (Fsp3) is 0.263. The number of nitriles is 1. The molecule has 0 aliphatic carbocycles. The molecule has 2 amide bonds. The summed E-state index contributed by atoms with van der Waals surface area (Å²) in [6.07, 6.45) is -0.114. The molecule has 122 valence electrons. The van der Waals surface area contributed by atoms with E-state index in [2.05, 4.69) is 11.4 Å². The monoisotopic (exact) mass is 321 g/mol. The minimum atomic E-state index is -0.169. The molecule has 2 aromatic carbocycles. The van der Waals surface area contributed by atoms with Gasteiger partial charge in [-0.3, -0.25) is 0 Å². The molecule has 0 saturated carbocycles. The second-order valence-corrected chi connectivity index (χ2v) is 5.79. The van der Waals surface area contributed by atoms with Crippen LogP contribution in [0.1, 0.15) is 22.8 Å². The Bertz CT molecular complexity index is 768. The summed E-state index contributed by atoms with van der Waals surface area (Å²) in [5.74, 6) is 0. The lowest BCUT2D eigenvalue weighted by Crippen LogP contribution is -2.44. The van der Waals surface area contributed by atoms with Gasteiger partial charge in [0.05, 0.1) is 24.8 Å². The second kappa shape index (κ2) is 7.16. The highest BCUT2D eigenvalue weighted by Crippen LogP contribution is 2.23. The minimum absolute atomic E-state index is 0.114. The lowest BCUT2D eigenvalue weighted by atomic mass is 10.1. The Hall–Kier alpha value is -2.84. The number of urea groups is 1. The number of benzene rings is 2. The van der Waals surface area contributed by atoms with Gasteiger partial charge in [0.25, 0.3) is 0 Å². The molecular weight excluding hydrogens is 302 g/mol. The van der Waals surface area contributed by atoms with Crippen LogP contribution in [-0.4, -0.2) is 30.6 Å². The predicted octanol–water partition coefficient (Wildman–Crippen LogP) is 3.47. The number of nitrogens with one attached hydrogen (secondary N) is 1. The number of carbonyl (C=O) groups is 1. The number of morpholine rings is 1. The molecule has 2 aromatic rings. The SMILES string of the molecule is Cc1ccc(C#N)cc1NC(=O)N1CCO[C@@H](c2ccccc2)C1. The van der Waals surface area contributed by atoms with E-state index in [1.807, 2.05) is 43.3 Å². The van der Waals surface area contributed by atoms with Gasteiger partial charge in [-0.2, -0.15) is 5.26 Å². The van der Waals surface area contributed by atoms with Gasteiger partial charge in [-0.15, -0.1) is 0 Å². The maximum atomic E-state index is 12.6. The van der Waals surface area contributed by atoms with Crippen LogP contribution in [0.2, 0.25) is 0 Å². The van der Waals surface area contributed by atoms with Crippen LogP contribution in [0.5, 0.6) is 0 Å². The van der Waals surface area contributed by atoms with Gasteiger partial charge in [0.1, 0.15) is 6.10 Å². The van der Waals surface area contributed by atoms with Crippen LogP contribution >= 0.6 is 0 Å². The summed E-state index contributed by atoms with van der Waals surface area (Å²) in [5.41, 5.74) is 3.19. The van der Waals surface area contributed by atoms with Crippen molar-refractivity contribution in [3.8, 4) is 6.07 Å². The van der Waals surface area contributed by atoms with Crippen molar-refractivity contribution in [1.82, 2.24) is 4.90 Å². The van der Waals surface area contributed by atoms with Crippen molar-refractivity contribution in [3.05, 3.63) is 65.2 Å².